The second-order valence-corrected chi connectivity index (χ2v) is 15.7. The van der Waals surface area contributed by atoms with Gasteiger partial charge < -0.3 is 9.47 Å². The van der Waals surface area contributed by atoms with Gasteiger partial charge >= 0.3 is 0 Å². The molecule has 268 valence electrons. The van der Waals surface area contributed by atoms with E-state index < -0.39 is 0 Å². The van der Waals surface area contributed by atoms with Crippen molar-refractivity contribution in [3.63, 3.8) is 0 Å². The van der Waals surface area contributed by atoms with E-state index in [4.69, 9.17) is 0 Å². The van der Waals surface area contributed by atoms with E-state index in [1.807, 2.05) is 0 Å². The summed E-state index contributed by atoms with van der Waals surface area (Å²) >= 11 is 0. The predicted octanol–water partition coefficient (Wildman–Crippen LogP) is 14.7. The highest BCUT2D eigenvalue weighted by molar-refractivity contribution is 6.10. The molecule has 11 rings (SSSR count). The van der Waals surface area contributed by atoms with Crippen LogP contribution in [0, 0.1) is 0 Å². The fourth-order valence-corrected chi connectivity index (χ4v) is 9.14. The third kappa shape index (κ3) is 5.35. The zero-order valence-corrected chi connectivity index (χ0v) is 31.9. The van der Waals surface area contributed by atoms with Crippen molar-refractivity contribution in [3.8, 4) is 27.9 Å². The van der Waals surface area contributed by atoms with E-state index in [0.29, 0.717) is 0 Å². The molecular formula is C55H38N2. The Kier molecular flexibility index (Phi) is 7.46. The summed E-state index contributed by atoms with van der Waals surface area (Å²) in [6.07, 6.45) is 4.18. The van der Waals surface area contributed by atoms with Gasteiger partial charge in [0, 0.05) is 38.9 Å². The van der Waals surface area contributed by atoms with Crippen molar-refractivity contribution in [1.82, 2.24) is 4.57 Å². The largest absolute Gasteiger partial charge is 0.310 e. The van der Waals surface area contributed by atoms with Crippen molar-refractivity contribution in [2.24, 2.45) is 0 Å². The van der Waals surface area contributed by atoms with Crippen molar-refractivity contribution >= 4 is 55.2 Å². The number of aromatic nitrogens is 1. The number of para-hydroxylation sites is 2. The number of nitrogens with zero attached hydrogens (tertiary/aromatic N) is 2. The molecule has 0 aliphatic heterocycles. The summed E-state index contributed by atoms with van der Waals surface area (Å²) in [5.41, 5.74) is 23.1. The fraction of sp³-hybridized carbons (Fsp3) is 0.0545. The van der Waals surface area contributed by atoms with Crippen LogP contribution in [-0.4, -0.2) is 4.57 Å². The minimum atomic E-state index is -0.124. The van der Waals surface area contributed by atoms with E-state index in [-0.39, 0.29) is 5.41 Å². The lowest BCUT2D eigenvalue weighted by atomic mass is 9.80. The molecule has 1 aromatic heterocycles. The topological polar surface area (TPSA) is 8.17 Å². The number of allylic oxidation sites excluding steroid dienone is 4. The maximum absolute atomic E-state index is 3.19. The van der Waals surface area contributed by atoms with Crippen LogP contribution in [0.1, 0.15) is 25.0 Å². The molecule has 0 radical (unpaired) electrons. The summed E-state index contributed by atoms with van der Waals surface area (Å²) < 4.78 is 2.42. The molecule has 0 unspecified atom stereocenters. The van der Waals surface area contributed by atoms with E-state index in [0.717, 1.165) is 17.1 Å². The predicted molar refractivity (Wildman–Crippen MR) is 240 cm³/mol. The second-order valence-electron chi connectivity index (χ2n) is 15.7. The van der Waals surface area contributed by atoms with Gasteiger partial charge in [-0.1, -0.05) is 141 Å². The normalized spacial score (nSPS) is 13.8. The number of fused-ring (bicyclic) bond motifs is 6. The molecule has 9 aromatic rings. The van der Waals surface area contributed by atoms with Crippen LogP contribution < -0.4 is 4.90 Å². The lowest BCUT2D eigenvalue weighted by Crippen LogP contribution is -2.17. The SMILES string of the molecule is CC1(C)C2=C(C=C=C=C2)c2ccc(N(c3ccccc3)c3ccc(-c4cccc(-c5ccc6c7ccccc7n(-c7ccc8ccccc8c7)c6c5)c4)cc3)cc21. The first-order chi connectivity index (χ1) is 28.0. The molecule has 0 N–H and O–H groups in total. The van der Waals surface area contributed by atoms with Gasteiger partial charge in [-0.3, -0.25) is 0 Å². The van der Waals surface area contributed by atoms with Crippen LogP contribution in [0.15, 0.2) is 211 Å². The number of hydrogen-bond acceptors (Lipinski definition) is 1. The highest BCUT2D eigenvalue weighted by Gasteiger charge is 2.37. The van der Waals surface area contributed by atoms with Crippen LogP contribution in [-0.2, 0) is 5.41 Å². The molecule has 2 nitrogen and oxygen atoms in total. The third-order valence-electron chi connectivity index (χ3n) is 12.0. The molecule has 1 heterocycles. The standard InChI is InChI=1S/C55H38N2/c1-55(2)51-21-10-8-19-47(51)48-32-30-46(36-52(48)55)56(43-17-4-3-5-18-43)44-27-23-38(24-28-44)39-15-12-16-40(33-39)42-26-31-50-49-20-9-11-22-53(49)57(54(50)35-42)45-29-25-37-13-6-7-14-41(37)34-45/h3-7,9,11-36H,1-2H3. The van der Waals surface area contributed by atoms with E-state index in [1.165, 1.54) is 82.8 Å². The van der Waals surface area contributed by atoms with Gasteiger partial charge in [-0.15, -0.1) is 0 Å². The lowest BCUT2D eigenvalue weighted by Gasteiger charge is -2.28. The second kappa shape index (κ2) is 12.9. The first kappa shape index (κ1) is 33.0. The van der Waals surface area contributed by atoms with Gasteiger partial charge in [-0.25, -0.2) is 0 Å². The first-order valence-electron chi connectivity index (χ1n) is 19.7. The lowest BCUT2D eigenvalue weighted by molar-refractivity contribution is 0.654. The molecule has 0 saturated heterocycles. The van der Waals surface area contributed by atoms with Crippen LogP contribution in [0.2, 0.25) is 0 Å². The summed E-state index contributed by atoms with van der Waals surface area (Å²) in [6, 6.07) is 66.5. The van der Waals surface area contributed by atoms with Crippen molar-refractivity contribution in [3.05, 3.63) is 222 Å². The Labute approximate surface area is 332 Å². The van der Waals surface area contributed by atoms with Gasteiger partial charge in [0.1, 0.15) is 0 Å². The maximum Gasteiger partial charge on any atom is 0.0547 e. The van der Waals surface area contributed by atoms with E-state index in [2.05, 4.69) is 229 Å². The van der Waals surface area contributed by atoms with Crippen molar-refractivity contribution < 1.29 is 0 Å². The van der Waals surface area contributed by atoms with Crippen LogP contribution in [0.25, 0.3) is 66.1 Å². The minimum Gasteiger partial charge on any atom is -0.310 e. The highest BCUT2D eigenvalue weighted by Crippen LogP contribution is 2.50. The van der Waals surface area contributed by atoms with E-state index in [9.17, 15) is 0 Å². The van der Waals surface area contributed by atoms with Crippen LogP contribution >= 0.6 is 0 Å². The summed E-state index contributed by atoms with van der Waals surface area (Å²) in [4.78, 5) is 2.36. The number of benzene rings is 8. The molecule has 0 atom stereocenters. The highest BCUT2D eigenvalue weighted by atomic mass is 15.1. The first-order valence-corrected chi connectivity index (χ1v) is 19.7. The monoisotopic (exact) mass is 726 g/mol. The van der Waals surface area contributed by atoms with Gasteiger partial charge in [0.2, 0.25) is 0 Å². The van der Waals surface area contributed by atoms with Crippen LogP contribution in [0.3, 0.4) is 0 Å². The summed E-state index contributed by atoms with van der Waals surface area (Å²) in [5, 5.41) is 5.00. The molecule has 2 aliphatic rings. The van der Waals surface area contributed by atoms with Gasteiger partial charge in [0.15, 0.2) is 0 Å². The minimum absolute atomic E-state index is 0.124. The molecule has 8 aromatic carbocycles. The van der Waals surface area contributed by atoms with Gasteiger partial charge in [0.25, 0.3) is 0 Å². The average molecular weight is 727 g/mol. The molecule has 0 fully saturated rings. The smallest absolute Gasteiger partial charge is 0.0547 e. The van der Waals surface area contributed by atoms with Crippen molar-refractivity contribution in [2.75, 3.05) is 4.90 Å². The van der Waals surface area contributed by atoms with E-state index in [1.54, 1.807) is 0 Å². The summed E-state index contributed by atoms with van der Waals surface area (Å²) in [7, 11) is 0. The molecule has 0 amide bonds. The van der Waals surface area contributed by atoms with Crippen molar-refractivity contribution in [2.45, 2.75) is 19.3 Å². The Morgan fingerprint density at radius 1 is 0.456 bits per heavy atom. The Morgan fingerprint density at radius 2 is 1.12 bits per heavy atom. The van der Waals surface area contributed by atoms with Gasteiger partial charge in [0.05, 0.1) is 11.0 Å². The van der Waals surface area contributed by atoms with Crippen LogP contribution in [0.5, 0.6) is 0 Å². The van der Waals surface area contributed by atoms with Gasteiger partial charge in [-0.05, 0) is 134 Å². The number of rotatable bonds is 6. The van der Waals surface area contributed by atoms with Crippen molar-refractivity contribution in [1.29, 1.82) is 0 Å². The third-order valence-corrected chi connectivity index (χ3v) is 12.0. The maximum atomic E-state index is 3.19. The van der Waals surface area contributed by atoms with Crippen LogP contribution in [0.4, 0.5) is 17.1 Å². The molecule has 57 heavy (non-hydrogen) atoms. The number of hydrogen-bond donors (Lipinski definition) is 0. The summed E-state index contributed by atoms with van der Waals surface area (Å²) in [5.74, 6) is 0. The Bertz CT molecular complexity index is 3220. The quantitative estimate of drug-likeness (QED) is 0.155. The molecule has 2 heteroatoms. The van der Waals surface area contributed by atoms with E-state index >= 15 is 0 Å². The Hall–Kier alpha value is -7.34. The zero-order chi connectivity index (χ0) is 38.1. The Morgan fingerprint density at radius 3 is 1.98 bits per heavy atom. The fourth-order valence-electron chi connectivity index (χ4n) is 9.14. The average Bonchev–Trinajstić information content (AvgIpc) is 3.72. The van der Waals surface area contributed by atoms with Gasteiger partial charge in [-0.2, -0.15) is 0 Å². The molecular weight excluding hydrogens is 689 g/mol. The molecule has 0 saturated carbocycles. The molecule has 2 aliphatic carbocycles. The Balaban J connectivity index is 0.961. The number of anilines is 3. The summed E-state index contributed by atoms with van der Waals surface area (Å²) in [6.45, 7) is 4.63. The molecule has 0 bridgehead atoms. The molecule has 0 spiro atoms. The zero-order valence-electron chi connectivity index (χ0n) is 31.9.